The van der Waals surface area contributed by atoms with E-state index < -0.39 is 0 Å². The van der Waals surface area contributed by atoms with E-state index in [-0.39, 0.29) is 6.67 Å². The van der Waals surface area contributed by atoms with Gasteiger partial charge in [0, 0.05) is 32.2 Å². The second-order valence-electron chi connectivity index (χ2n) is 3.34. The van der Waals surface area contributed by atoms with Gasteiger partial charge in [-0.3, -0.25) is 4.90 Å². The molecule has 1 rings (SSSR count). The zero-order chi connectivity index (χ0) is 8.27. The maximum Gasteiger partial charge on any atom is 0.102 e. The summed E-state index contributed by atoms with van der Waals surface area (Å²) in [7, 11) is 2.11. The number of halogens is 1. The van der Waals surface area contributed by atoms with E-state index in [1.54, 1.807) is 0 Å². The molecule has 0 aromatic carbocycles. The Hall–Kier alpha value is -0.150. The molecule has 2 nitrogen and oxygen atoms in total. The van der Waals surface area contributed by atoms with Crippen LogP contribution in [0.2, 0.25) is 0 Å². The van der Waals surface area contributed by atoms with Gasteiger partial charge < -0.3 is 4.90 Å². The Bertz CT molecular complexity index is 119. The minimum Gasteiger partial charge on any atom is -0.304 e. The average molecular weight is 160 g/mol. The lowest BCUT2D eigenvalue weighted by Crippen LogP contribution is -2.50. The van der Waals surface area contributed by atoms with E-state index in [0.717, 1.165) is 19.6 Å². The van der Waals surface area contributed by atoms with Gasteiger partial charge in [0.25, 0.3) is 0 Å². The quantitative estimate of drug-likeness (QED) is 0.583. The van der Waals surface area contributed by atoms with Crippen molar-refractivity contribution >= 4 is 0 Å². The molecule has 1 aliphatic rings. The molecule has 0 aromatic heterocycles. The van der Waals surface area contributed by atoms with Crippen LogP contribution in [0.15, 0.2) is 0 Å². The van der Waals surface area contributed by atoms with Gasteiger partial charge in [-0.1, -0.05) is 0 Å². The lowest BCUT2D eigenvalue weighted by atomic mass is 10.2. The fourth-order valence-electron chi connectivity index (χ4n) is 1.62. The predicted octanol–water partition coefficient (Wildman–Crippen LogP) is 0.592. The molecule has 0 radical (unpaired) electrons. The molecule has 1 saturated heterocycles. The number of nitrogens with zero attached hydrogens (tertiary/aromatic N) is 2. The van der Waals surface area contributed by atoms with Gasteiger partial charge in [0.05, 0.1) is 0 Å². The topological polar surface area (TPSA) is 6.48 Å². The Morgan fingerprint density at radius 3 is 2.73 bits per heavy atom. The molecule has 0 aromatic rings. The van der Waals surface area contributed by atoms with Crippen molar-refractivity contribution in [1.82, 2.24) is 9.80 Å². The largest absolute Gasteiger partial charge is 0.304 e. The molecule has 1 atom stereocenters. The molecule has 1 unspecified atom stereocenters. The first-order chi connectivity index (χ1) is 5.24. The summed E-state index contributed by atoms with van der Waals surface area (Å²) in [5.41, 5.74) is 0. The zero-order valence-electron chi connectivity index (χ0n) is 7.39. The second-order valence-corrected chi connectivity index (χ2v) is 3.34. The van der Waals surface area contributed by atoms with Crippen LogP contribution >= 0.6 is 0 Å². The van der Waals surface area contributed by atoms with E-state index in [1.165, 1.54) is 0 Å². The molecule has 0 bridgehead atoms. The first-order valence-corrected chi connectivity index (χ1v) is 4.22. The van der Waals surface area contributed by atoms with Crippen molar-refractivity contribution < 1.29 is 4.39 Å². The third-order valence-corrected chi connectivity index (χ3v) is 2.34. The lowest BCUT2D eigenvalue weighted by molar-refractivity contribution is 0.0941. The molecule has 1 heterocycles. The van der Waals surface area contributed by atoms with Crippen molar-refractivity contribution in [3.8, 4) is 0 Å². The average Bonchev–Trinajstić information content (AvgIpc) is 1.95. The van der Waals surface area contributed by atoms with Crippen LogP contribution in [0.3, 0.4) is 0 Å². The van der Waals surface area contributed by atoms with Crippen LogP contribution in [0.1, 0.15) is 6.92 Å². The molecule has 1 aliphatic heterocycles. The lowest BCUT2D eigenvalue weighted by Gasteiger charge is -2.37. The number of alkyl halides is 1. The Morgan fingerprint density at radius 2 is 2.18 bits per heavy atom. The highest BCUT2D eigenvalue weighted by atomic mass is 19.1. The maximum atomic E-state index is 12.0. The number of piperazine rings is 1. The van der Waals surface area contributed by atoms with Gasteiger partial charge in [-0.2, -0.15) is 0 Å². The summed E-state index contributed by atoms with van der Waals surface area (Å²) in [6.07, 6.45) is 0. The molecule has 0 amide bonds. The SMILES string of the molecule is CC1CN(C)CCN1CCF. The summed E-state index contributed by atoms with van der Waals surface area (Å²) in [6, 6.07) is 0.518. The summed E-state index contributed by atoms with van der Waals surface area (Å²) in [5, 5.41) is 0. The van der Waals surface area contributed by atoms with E-state index in [2.05, 4.69) is 23.8 Å². The molecule has 0 saturated carbocycles. The highest BCUT2D eigenvalue weighted by molar-refractivity contribution is 4.76. The Balaban J connectivity index is 2.31. The highest BCUT2D eigenvalue weighted by Crippen LogP contribution is 2.06. The summed E-state index contributed by atoms with van der Waals surface area (Å²) < 4.78 is 12.0. The van der Waals surface area contributed by atoms with Gasteiger partial charge in [0.2, 0.25) is 0 Å². The first-order valence-electron chi connectivity index (χ1n) is 4.22. The predicted molar refractivity (Wildman–Crippen MR) is 44.5 cm³/mol. The van der Waals surface area contributed by atoms with Crippen LogP contribution in [0.5, 0.6) is 0 Å². The number of rotatable bonds is 2. The van der Waals surface area contributed by atoms with Gasteiger partial charge in [-0.15, -0.1) is 0 Å². The normalized spacial score (nSPS) is 29.2. The van der Waals surface area contributed by atoms with Crippen LogP contribution in [-0.4, -0.2) is 55.7 Å². The standard InChI is InChI=1S/C8H17FN2/c1-8-7-10(2)5-6-11(8)4-3-9/h8H,3-7H2,1-2H3. The molecular weight excluding hydrogens is 143 g/mol. The van der Waals surface area contributed by atoms with Crippen LogP contribution in [0.25, 0.3) is 0 Å². The maximum absolute atomic E-state index is 12.0. The summed E-state index contributed by atoms with van der Waals surface area (Å²) >= 11 is 0. The van der Waals surface area contributed by atoms with Crippen LogP contribution in [-0.2, 0) is 0 Å². The van der Waals surface area contributed by atoms with Crippen molar-refractivity contribution in [2.75, 3.05) is 39.9 Å². The number of hydrogen-bond acceptors (Lipinski definition) is 2. The van der Waals surface area contributed by atoms with E-state index in [0.29, 0.717) is 12.6 Å². The first kappa shape index (κ1) is 8.94. The highest BCUT2D eigenvalue weighted by Gasteiger charge is 2.20. The van der Waals surface area contributed by atoms with Crippen molar-refractivity contribution in [3.05, 3.63) is 0 Å². The van der Waals surface area contributed by atoms with E-state index in [4.69, 9.17) is 0 Å². The van der Waals surface area contributed by atoms with Crippen LogP contribution in [0, 0.1) is 0 Å². The summed E-state index contributed by atoms with van der Waals surface area (Å²) in [6.45, 7) is 5.71. The van der Waals surface area contributed by atoms with Gasteiger partial charge in [0.15, 0.2) is 0 Å². The Labute approximate surface area is 68.0 Å². The molecular formula is C8H17FN2. The second kappa shape index (κ2) is 4.02. The Morgan fingerprint density at radius 1 is 1.45 bits per heavy atom. The van der Waals surface area contributed by atoms with E-state index in [1.807, 2.05) is 0 Å². The molecule has 66 valence electrons. The van der Waals surface area contributed by atoms with Crippen molar-refractivity contribution in [2.24, 2.45) is 0 Å². The van der Waals surface area contributed by atoms with Crippen LogP contribution in [0.4, 0.5) is 4.39 Å². The minimum atomic E-state index is -0.214. The van der Waals surface area contributed by atoms with Crippen LogP contribution < -0.4 is 0 Å². The fraction of sp³-hybridized carbons (Fsp3) is 1.00. The zero-order valence-corrected chi connectivity index (χ0v) is 7.39. The Kier molecular flexibility index (Phi) is 3.27. The van der Waals surface area contributed by atoms with E-state index in [9.17, 15) is 4.39 Å². The van der Waals surface area contributed by atoms with Crippen molar-refractivity contribution in [2.45, 2.75) is 13.0 Å². The van der Waals surface area contributed by atoms with Crippen molar-refractivity contribution in [3.63, 3.8) is 0 Å². The third-order valence-electron chi connectivity index (χ3n) is 2.34. The molecule has 11 heavy (non-hydrogen) atoms. The van der Waals surface area contributed by atoms with Gasteiger partial charge in [-0.25, -0.2) is 4.39 Å². The monoisotopic (exact) mass is 160 g/mol. The number of hydrogen-bond donors (Lipinski definition) is 0. The molecule has 0 spiro atoms. The van der Waals surface area contributed by atoms with E-state index >= 15 is 0 Å². The molecule has 1 fully saturated rings. The van der Waals surface area contributed by atoms with Gasteiger partial charge in [0.1, 0.15) is 6.67 Å². The molecule has 0 N–H and O–H groups in total. The summed E-state index contributed by atoms with van der Waals surface area (Å²) in [4.78, 5) is 4.50. The summed E-state index contributed by atoms with van der Waals surface area (Å²) in [5.74, 6) is 0. The smallest absolute Gasteiger partial charge is 0.102 e. The van der Waals surface area contributed by atoms with Gasteiger partial charge >= 0.3 is 0 Å². The van der Waals surface area contributed by atoms with Crippen molar-refractivity contribution in [1.29, 1.82) is 0 Å². The number of likely N-dealkylation sites (N-methyl/N-ethyl adjacent to an activating group) is 1. The fourth-order valence-corrected chi connectivity index (χ4v) is 1.62. The van der Waals surface area contributed by atoms with Gasteiger partial charge in [-0.05, 0) is 14.0 Å². The molecule has 3 heteroatoms. The molecule has 0 aliphatic carbocycles. The third kappa shape index (κ3) is 2.42. The minimum absolute atomic E-state index is 0.214.